The van der Waals surface area contributed by atoms with Gasteiger partial charge in [-0.1, -0.05) is 11.6 Å². The minimum atomic E-state index is -0.336. The first-order valence-electron chi connectivity index (χ1n) is 8.45. The highest BCUT2D eigenvalue weighted by molar-refractivity contribution is 7.22. The van der Waals surface area contributed by atoms with Crippen molar-refractivity contribution in [2.45, 2.75) is 25.9 Å². The van der Waals surface area contributed by atoms with E-state index in [2.05, 4.69) is 20.6 Å². The molecule has 3 aromatic rings. The van der Waals surface area contributed by atoms with E-state index in [1.165, 1.54) is 29.8 Å². The van der Waals surface area contributed by atoms with Gasteiger partial charge in [0.05, 0.1) is 15.4 Å². The van der Waals surface area contributed by atoms with E-state index in [1.54, 1.807) is 6.07 Å². The van der Waals surface area contributed by atoms with E-state index >= 15 is 0 Å². The lowest BCUT2D eigenvalue weighted by Crippen LogP contribution is -2.37. The van der Waals surface area contributed by atoms with E-state index in [4.69, 9.17) is 16.3 Å². The molecular weight excluding hydrogens is 410 g/mol. The SMILES string of the molecule is Cc1c(Cl)sc2ncnc(Nc3ccc(F)cc3OC3CCCNC3)c12.Cl. The molecule has 2 aromatic heterocycles. The summed E-state index contributed by atoms with van der Waals surface area (Å²) in [4.78, 5) is 9.44. The van der Waals surface area contributed by atoms with Gasteiger partial charge in [-0.2, -0.15) is 0 Å². The van der Waals surface area contributed by atoms with Gasteiger partial charge in [-0.25, -0.2) is 14.4 Å². The molecule has 0 bridgehead atoms. The van der Waals surface area contributed by atoms with Gasteiger partial charge in [0.15, 0.2) is 0 Å². The van der Waals surface area contributed by atoms with Gasteiger partial charge in [-0.15, -0.1) is 23.7 Å². The molecule has 1 saturated heterocycles. The van der Waals surface area contributed by atoms with E-state index in [-0.39, 0.29) is 24.3 Å². The van der Waals surface area contributed by atoms with Crippen molar-refractivity contribution in [3.63, 3.8) is 0 Å². The molecule has 1 fully saturated rings. The van der Waals surface area contributed by atoms with Crippen LogP contribution >= 0.6 is 35.3 Å². The highest BCUT2D eigenvalue weighted by Crippen LogP contribution is 2.38. The molecule has 1 unspecified atom stereocenters. The van der Waals surface area contributed by atoms with E-state index in [1.807, 2.05) is 6.92 Å². The third kappa shape index (κ3) is 4.27. The van der Waals surface area contributed by atoms with Crippen molar-refractivity contribution in [3.05, 3.63) is 40.2 Å². The molecule has 1 aliphatic heterocycles. The largest absolute Gasteiger partial charge is 0.487 e. The van der Waals surface area contributed by atoms with Crippen LogP contribution in [0.5, 0.6) is 5.75 Å². The second kappa shape index (κ2) is 8.56. The normalized spacial score (nSPS) is 16.8. The molecule has 1 atom stereocenters. The summed E-state index contributed by atoms with van der Waals surface area (Å²) < 4.78 is 20.5. The van der Waals surface area contributed by atoms with Crippen molar-refractivity contribution in [2.75, 3.05) is 18.4 Å². The maximum atomic E-state index is 13.8. The molecule has 1 aromatic carbocycles. The van der Waals surface area contributed by atoms with E-state index in [0.29, 0.717) is 21.6 Å². The lowest BCUT2D eigenvalue weighted by atomic mass is 10.1. The second-order valence-electron chi connectivity index (χ2n) is 6.25. The zero-order chi connectivity index (χ0) is 18.1. The molecule has 9 heteroatoms. The summed E-state index contributed by atoms with van der Waals surface area (Å²) in [7, 11) is 0. The Morgan fingerprint density at radius 2 is 2.22 bits per heavy atom. The van der Waals surface area contributed by atoms with Crippen LogP contribution in [-0.2, 0) is 0 Å². The van der Waals surface area contributed by atoms with Crippen molar-refractivity contribution in [2.24, 2.45) is 0 Å². The molecule has 144 valence electrons. The van der Waals surface area contributed by atoms with Crippen LogP contribution in [0.25, 0.3) is 10.2 Å². The first-order valence-corrected chi connectivity index (χ1v) is 9.65. The third-order valence-electron chi connectivity index (χ3n) is 4.41. The molecule has 0 spiro atoms. The Bertz CT molecular complexity index is 947. The van der Waals surface area contributed by atoms with Crippen LogP contribution < -0.4 is 15.4 Å². The van der Waals surface area contributed by atoms with Crippen molar-refractivity contribution in [1.82, 2.24) is 15.3 Å². The number of fused-ring (bicyclic) bond motifs is 1. The van der Waals surface area contributed by atoms with Crippen molar-refractivity contribution in [1.29, 1.82) is 0 Å². The van der Waals surface area contributed by atoms with Crippen LogP contribution in [0.3, 0.4) is 0 Å². The van der Waals surface area contributed by atoms with Crippen molar-refractivity contribution < 1.29 is 9.13 Å². The summed E-state index contributed by atoms with van der Waals surface area (Å²) in [6.07, 6.45) is 3.50. The Balaban J connectivity index is 0.00000210. The number of ether oxygens (including phenoxy) is 1. The van der Waals surface area contributed by atoms with Crippen LogP contribution in [0.2, 0.25) is 4.34 Å². The van der Waals surface area contributed by atoms with Gasteiger partial charge in [0, 0.05) is 12.6 Å². The molecule has 1 aliphatic rings. The fraction of sp³-hybridized carbons (Fsp3) is 0.333. The molecule has 0 aliphatic carbocycles. The highest BCUT2D eigenvalue weighted by atomic mass is 35.5. The van der Waals surface area contributed by atoms with E-state index in [9.17, 15) is 4.39 Å². The van der Waals surface area contributed by atoms with Gasteiger partial charge in [0.25, 0.3) is 0 Å². The molecule has 4 rings (SSSR count). The van der Waals surface area contributed by atoms with Gasteiger partial charge >= 0.3 is 0 Å². The van der Waals surface area contributed by atoms with Gasteiger partial charge in [0.2, 0.25) is 0 Å². The molecule has 3 heterocycles. The Morgan fingerprint density at radius 1 is 1.37 bits per heavy atom. The van der Waals surface area contributed by atoms with Crippen LogP contribution in [0, 0.1) is 12.7 Å². The topological polar surface area (TPSA) is 59.1 Å². The maximum absolute atomic E-state index is 13.8. The van der Waals surface area contributed by atoms with Gasteiger partial charge in [-0.3, -0.25) is 0 Å². The number of halogens is 3. The van der Waals surface area contributed by atoms with Gasteiger partial charge < -0.3 is 15.4 Å². The minimum absolute atomic E-state index is 0. The fourth-order valence-corrected chi connectivity index (χ4v) is 4.25. The van der Waals surface area contributed by atoms with Crippen molar-refractivity contribution >= 4 is 57.1 Å². The number of nitrogens with one attached hydrogen (secondary N) is 2. The first kappa shape index (κ1) is 20.1. The quantitative estimate of drug-likeness (QED) is 0.605. The Kier molecular flexibility index (Phi) is 6.37. The third-order valence-corrected chi connectivity index (χ3v) is 5.91. The number of nitrogens with zero attached hydrogens (tertiary/aromatic N) is 2. The summed E-state index contributed by atoms with van der Waals surface area (Å²) >= 11 is 7.66. The predicted octanol–water partition coefficient (Wildman–Crippen LogP) is 5.09. The lowest BCUT2D eigenvalue weighted by molar-refractivity contribution is 0.167. The zero-order valence-corrected chi connectivity index (χ0v) is 17.0. The second-order valence-corrected chi connectivity index (χ2v) is 7.86. The molecular formula is C18H19Cl2FN4OS. The standard InChI is InChI=1S/C18H18ClFN4OS.ClH/c1-10-15-17(22-9-23-18(15)26-16(10)19)24-13-5-4-11(20)7-14(13)25-12-3-2-6-21-8-12;/h4-5,7,9,12,21H,2-3,6,8H2,1H3,(H,22,23,24);1H. The predicted molar refractivity (Wildman–Crippen MR) is 111 cm³/mol. The van der Waals surface area contributed by atoms with Gasteiger partial charge in [-0.05, 0) is 44.0 Å². The molecule has 2 N–H and O–H groups in total. The Hall–Kier alpha value is -1.67. The van der Waals surface area contributed by atoms with Crippen LogP contribution in [0.1, 0.15) is 18.4 Å². The number of aromatic nitrogens is 2. The summed E-state index contributed by atoms with van der Waals surface area (Å²) in [6.45, 7) is 3.68. The number of anilines is 2. The Morgan fingerprint density at radius 3 is 3.00 bits per heavy atom. The van der Waals surface area contributed by atoms with Crippen LogP contribution in [-0.4, -0.2) is 29.2 Å². The molecule has 27 heavy (non-hydrogen) atoms. The highest BCUT2D eigenvalue weighted by Gasteiger charge is 2.18. The first-order chi connectivity index (χ1) is 12.6. The maximum Gasteiger partial charge on any atom is 0.146 e. The molecule has 0 saturated carbocycles. The van der Waals surface area contributed by atoms with Crippen LogP contribution in [0.15, 0.2) is 24.5 Å². The number of hydrogen-bond acceptors (Lipinski definition) is 6. The minimum Gasteiger partial charge on any atom is -0.487 e. The average molecular weight is 429 g/mol. The molecule has 5 nitrogen and oxygen atoms in total. The number of hydrogen-bond donors (Lipinski definition) is 2. The van der Waals surface area contributed by atoms with E-state index < -0.39 is 0 Å². The smallest absolute Gasteiger partial charge is 0.146 e. The zero-order valence-electron chi connectivity index (χ0n) is 14.6. The Labute approximate surface area is 171 Å². The summed E-state index contributed by atoms with van der Waals surface area (Å²) in [5.74, 6) is 0.773. The number of piperidine rings is 1. The number of benzene rings is 1. The lowest BCUT2D eigenvalue weighted by Gasteiger charge is -2.25. The van der Waals surface area contributed by atoms with E-state index in [0.717, 1.165) is 41.7 Å². The monoisotopic (exact) mass is 428 g/mol. The molecule has 0 amide bonds. The summed E-state index contributed by atoms with van der Waals surface area (Å²) in [5.41, 5.74) is 1.59. The number of aryl methyl sites for hydroxylation is 1. The number of thiophene rings is 1. The summed E-state index contributed by atoms with van der Waals surface area (Å²) in [6, 6.07) is 4.47. The van der Waals surface area contributed by atoms with Gasteiger partial charge in [0.1, 0.15) is 34.6 Å². The summed E-state index contributed by atoms with van der Waals surface area (Å²) in [5, 5.41) is 7.44. The van der Waals surface area contributed by atoms with Crippen LogP contribution in [0.4, 0.5) is 15.9 Å². The average Bonchev–Trinajstić information content (AvgIpc) is 2.93. The number of rotatable bonds is 4. The molecule has 0 radical (unpaired) electrons. The fourth-order valence-electron chi connectivity index (χ4n) is 3.06. The van der Waals surface area contributed by atoms with Crippen molar-refractivity contribution in [3.8, 4) is 5.75 Å².